The molecule has 0 radical (unpaired) electrons. The molecule has 4 rings (SSSR count). The van der Waals surface area contributed by atoms with Crippen LogP contribution in [0.4, 0.5) is 0 Å². The summed E-state index contributed by atoms with van der Waals surface area (Å²) in [4.78, 5) is 0. The first-order chi connectivity index (χ1) is 12.4. The zero-order valence-electron chi connectivity index (χ0n) is 13.8. The van der Waals surface area contributed by atoms with Gasteiger partial charge in [-0.1, -0.05) is 6.07 Å². The second-order valence-electron chi connectivity index (χ2n) is 6.31. The van der Waals surface area contributed by atoms with E-state index < -0.39 is 17.1 Å². The average Bonchev–Trinajstić information content (AvgIpc) is 2.57. The van der Waals surface area contributed by atoms with Gasteiger partial charge in [0.15, 0.2) is 6.20 Å². The molecule has 1 saturated heterocycles. The van der Waals surface area contributed by atoms with Gasteiger partial charge in [-0.05, 0) is 30.4 Å². The normalized spacial score (nSPS) is 18.0. The first-order valence-electron chi connectivity index (χ1n) is 8.26. The van der Waals surface area contributed by atoms with E-state index in [1.165, 1.54) is 22.5 Å². The molecule has 1 N–H and O–H groups in total. The van der Waals surface area contributed by atoms with Gasteiger partial charge in [-0.3, -0.25) is 0 Å². The van der Waals surface area contributed by atoms with E-state index in [4.69, 9.17) is 9.39 Å². The summed E-state index contributed by atoms with van der Waals surface area (Å²) in [6, 6.07) is 9.66. The molecular formula is C16H17BN2O6S. The van der Waals surface area contributed by atoms with Gasteiger partial charge in [0.25, 0.3) is 0 Å². The number of hydrogen-bond donors (Lipinski definition) is 1. The number of ether oxygens (including phenoxy) is 1. The Kier molecular flexibility index (Phi) is 4.25. The van der Waals surface area contributed by atoms with Crippen LogP contribution < -0.4 is 14.1 Å². The minimum Gasteiger partial charge on any atom is -0.618 e. The summed E-state index contributed by atoms with van der Waals surface area (Å²) in [6.07, 6.45) is 2.14. The molecule has 0 aliphatic carbocycles. The average molecular weight is 376 g/mol. The van der Waals surface area contributed by atoms with E-state index in [9.17, 15) is 18.6 Å². The fourth-order valence-electron chi connectivity index (χ4n) is 3.02. The molecule has 0 saturated carbocycles. The number of benzene rings is 1. The van der Waals surface area contributed by atoms with Crippen molar-refractivity contribution in [3.05, 3.63) is 53.4 Å². The van der Waals surface area contributed by atoms with Gasteiger partial charge >= 0.3 is 22.2 Å². The van der Waals surface area contributed by atoms with Crippen molar-refractivity contribution in [2.45, 2.75) is 23.9 Å². The van der Waals surface area contributed by atoms with E-state index in [1.807, 2.05) is 6.07 Å². The molecule has 2 aliphatic rings. The van der Waals surface area contributed by atoms with Gasteiger partial charge in [-0.15, -0.1) is 0 Å². The summed E-state index contributed by atoms with van der Waals surface area (Å²) in [5.41, 5.74) is 1.00. The molecule has 0 bridgehead atoms. The Balaban J connectivity index is 1.41. The lowest BCUT2D eigenvalue weighted by Crippen LogP contribution is -2.57. The van der Waals surface area contributed by atoms with Crippen molar-refractivity contribution in [3.63, 3.8) is 0 Å². The minimum atomic E-state index is -3.83. The van der Waals surface area contributed by atoms with Crippen molar-refractivity contribution < 1.29 is 27.6 Å². The maximum atomic E-state index is 12.5. The van der Waals surface area contributed by atoms with Gasteiger partial charge in [0.1, 0.15) is 17.6 Å². The molecule has 0 amide bonds. The summed E-state index contributed by atoms with van der Waals surface area (Å²) < 4.78 is 37.7. The lowest BCUT2D eigenvalue weighted by molar-refractivity contribution is -0.646. The van der Waals surface area contributed by atoms with Crippen molar-refractivity contribution >= 4 is 17.1 Å². The summed E-state index contributed by atoms with van der Waals surface area (Å²) in [6.45, 7) is 0.329. The SMILES string of the molecule is O=S(=O)(c1cccc[n+]1[O-])N1CC(Oc2ccc3c(c2)OB(O)CC3)C1. The Bertz CT molecular complexity index is 932. The Morgan fingerprint density at radius 1 is 1.31 bits per heavy atom. The second kappa shape index (κ2) is 6.46. The van der Waals surface area contributed by atoms with Crippen molar-refractivity contribution in [1.82, 2.24) is 4.31 Å². The fourth-order valence-corrected chi connectivity index (χ4v) is 4.55. The molecule has 2 aliphatic heterocycles. The molecule has 0 atom stereocenters. The number of fused-ring (bicyclic) bond motifs is 1. The molecule has 0 unspecified atom stereocenters. The number of hydrogen-bond acceptors (Lipinski definition) is 6. The summed E-state index contributed by atoms with van der Waals surface area (Å²) in [5.74, 6) is 1.14. The molecule has 10 heteroatoms. The van der Waals surface area contributed by atoms with Crippen molar-refractivity contribution in [1.29, 1.82) is 0 Å². The lowest BCUT2D eigenvalue weighted by atomic mass is 9.79. The van der Waals surface area contributed by atoms with E-state index in [2.05, 4.69) is 0 Å². The molecule has 136 valence electrons. The van der Waals surface area contributed by atoms with Crippen LogP contribution in [0.1, 0.15) is 5.56 Å². The van der Waals surface area contributed by atoms with E-state index in [0.717, 1.165) is 18.2 Å². The summed E-state index contributed by atoms with van der Waals surface area (Å²) in [7, 11) is -4.65. The van der Waals surface area contributed by atoms with Crippen LogP contribution in [0.5, 0.6) is 11.5 Å². The van der Waals surface area contributed by atoms with Gasteiger partial charge in [-0.2, -0.15) is 9.04 Å². The van der Waals surface area contributed by atoms with Crippen LogP contribution in [-0.2, 0) is 16.4 Å². The van der Waals surface area contributed by atoms with Gasteiger partial charge in [-0.25, -0.2) is 8.42 Å². The molecule has 1 aromatic heterocycles. The van der Waals surface area contributed by atoms with Gasteiger partial charge in [0, 0.05) is 18.2 Å². The van der Waals surface area contributed by atoms with Crippen LogP contribution in [0.15, 0.2) is 47.6 Å². The predicted octanol–water partition coefficient (Wildman–Crippen LogP) is 0.187. The molecule has 0 spiro atoms. The van der Waals surface area contributed by atoms with Gasteiger partial charge < -0.3 is 19.6 Å². The lowest BCUT2D eigenvalue weighted by Gasteiger charge is -2.37. The highest BCUT2D eigenvalue weighted by molar-refractivity contribution is 7.89. The number of sulfonamides is 1. The standard InChI is InChI=1S/C16H17BN2O6S/c20-17-7-6-12-4-5-13(9-15(12)25-17)24-14-10-18(11-14)26(22,23)16-3-1-2-8-19(16)21/h1-5,8-9,14,20H,6-7,10-11H2. The molecule has 2 aromatic rings. The van der Waals surface area contributed by atoms with Crippen molar-refractivity contribution in [3.8, 4) is 11.5 Å². The Hall–Kier alpha value is -2.30. The first-order valence-corrected chi connectivity index (χ1v) is 9.70. The first kappa shape index (κ1) is 17.1. The molecule has 26 heavy (non-hydrogen) atoms. The second-order valence-corrected chi connectivity index (χ2v) is 8.19. The smallest absolute Gasteiger partial charge is 0.522 e. The third kappa shape index (κ3) is 3.11. The van der Waals surface area contributed by atoms with Crippen molar-refractivity contribution in [2.75, 3.05) is 13.1 Å². The topological polar surface area (TPSA) is 103 Å². The van der Waals surface area contributed by atoms with Crippen LogP contribution in [0.3, 0.4) is 0 Å². The number of aromatic nitrogens is 1. The van der Waals surface area contributed by atoms with Crippen LogP contribution in [0, 0.1) is 5.21 Å². The van der Waals surface area contributed by atoms with E-state index in [1.54, 1.807) is 12.1 Å². The maximum absolute atomic E-state index is 12.5. The van der Waals surface area contributed by atoms with Crippen molar-refractivity contribution in [2.24, 2.45) is 0 Å². The number of nitrogens with zero attached hydrogens (tertiary/aromatic N) is 2. The summed E-state index contributed by atoms with van der Waals surface area (Å²) in [5, 5.41) is 21.0. The largest absolute Gasteiger partial charge is 0.618 e. The highest BCUT2D eigenvalue weighted by Crippen LogP contribution is 2.32. The monoisotopic (exact) mass is 376 g/mol. The molecular weight excluding hydrogens is 359 g/mol. The Labute approximate surface area is 151 Å². The predicted molar refractivity (Wildman–Crippen MR) is 92.1 cm³/mol. The molecule has 3 heterocycles. The van der Waals surface area contributed by atoms with E-state index in [-0.39, 0.29) is 24.2 Å². The maximum Gasteiger partial charge on any atom is 0.522 e. The number of rotatable bonds is 4. The quantitative estimate of drug-likeness (QED) is 0.464. The Morgan fingerprint density at radius 3 is 2.88 bits per heavy atom. The highest BCUT2D eigenvalue weighted by Gasteiger charge is 2.41. The van der Waals surface area contributed by atoms with Crippen LogP contribution in [0.2, 0.25) is 6.32 Å². The van der Waals surface area contributed by atoms with E-state index >= 15 is 0 Å². The van der Waals surface area contributed by atoms with E-state index in [0.29, 0.717) is 22.5 Å². The summed E-state index contributed by atoms with van der Waals surface area (Å²) >= 11 is 0. The fraction of sp³-hybridized carbons (Fsp3) is 0.312. The molecule has 1 fully saturated rings. The molecule has 1 aromatic carbocycles. The zero-order valence-corrected chi connectivity index (χ0v) is 14.6. The minimum absolute atomic E-state index is 0.164. The van der Waals surface area contributed by atoms with Gasteiger partial charge in [0.05, 0.1) is 13.1 Å². The number of pyridine rings is 1. The molecule has 8 nitrogen and oxygen atoms in total. The van der Waals surface area contributed by atoms with Crippen LogP contribution in [-0.4, -0.2) is 44.1 Å². The van der Waals surface area contributed by atoms with Crippen LogP contribution >= 0.6 is 0 Å². The third-order valence-corrected chi connectivity index (χ3v) is 6.29. The van der Waals surface area contributed by atoms with Gasteiger partial charge in [0.2, 0.25) is 0 Å². The number of aryl methyl sites for hydroxylation is 1. The Morgan fingerprint density at radius 2 is 2.12 bits per heavy atom. The van der Waals surface area contributed by atoms with Crippen LogP contribution in [0.25, 0.3) is 0 Å². The highest BCUT2D eigenvalue weighted by atomic mass is 32.2. The zero-order chi connectivity index (χ0) is 18.3. The third-order valence-electron chi connectivity index (χ3n) is 4.47.